The lowest BCUT2D eigenvalue weighted by Crippen LogP contribution is -3.15. The van der Waals surface area contributed by atoms with E-state index in [2.05, 4.69) is 12.2 Å². The summed E-state index contributed by atoms with van der Waals surface area (Å²) < 4.78 is 0. The Morgan fingerprint density at radius 1 is 1.08 bits per heavy atom. The molecule has 0 saturated carbocycles. The fourth-order valence-corrected chi connectivity index (χ4v) is 2.83. The highest BCUT2D eigenvalue weighted by Gasteiger charge is 2.27. The van der Waals surface area contributed by atoms with E-state index in [0.29, 0.717) is 0 Å². The lowest BCUT2D eigenvalue weighted by Gasteiger charge is -2.25. The lowest BCUT2D eigenvalue weighted by molar-refractivity contribution is -0.885. The maximum absolute atomic E-state index is 12.7. The van der Waals surface area contributed by atoms with Crippen LogP contribution in [-0.2, 0) is 16.0 Å². The van der Waals surface area contributed by atoms with Gasteiger partial charge in [0.05, 0.1) is 7.05 Å². The maximum Gasteiger partial charge on any atom is 0.284 e. The van der Waals surface area contributed by atoms with E-state index in [1.807, 2.05) is 68.6 Å². The van der Waals surface area contributed by atoms with Crippen molar-refractivity contribution in [1.82, 2.24) is 0 Å². The predicted octanol–water partition coefficient (Wildman–Crippen LogP) is 1.75. The Hall–Kier alpha value is -2.66. The van der Waals surface area contributed by atoms with Crippen LogP contribution in [0.4, 0.5) is 11.4 Å². The van der Waals surface area contributed by atoms with Crippen LogP contribution >= 0.6 is 0 Å². The lowest BCUT2D eigenvalue weighted by atomic mass is 10.1. The number of likely N-dealkylation sites (N-methyl/N-ethyl adjacent to an activating group) is 2. The van der Waals surface area contributed by atoms with Crippen LogP contribution in [0.15, 0.2) is 54.6 Å². The number of hydrogen-bond donors (Lipinski definition) is 2. The van der Waals surface area contributed by atoms with Crippen molar-refractivity contribution in [2.24, 2.45) is 0 Å². The molecule has 5 nitrogen and oxygen atoms in total. The quantitative estimate of drug-likeness (QED) is 0.796. The Balaban J connectivity index is 1.96. The predicted molar refractivity (Wildman–Crippen MR) is 106 cm³/mol. The zero-order valence-electron chi connectivity index (χ0n) is 16.0. The average Bonchev–Trinajstić information content (AvgIpc) is 2.67. The number of aryl methyl sites for hydroxylation is 1. The van der Waals surface area contributed by atoms with Crippen molar-refractivity contribution in [1.29, 1.82) is 0 Å². The number of amides is 2. The van der Waals surface area contributed by atoms with E-state index in [4.69, 9.17) is 0 Å². The summed E-state index contributed by atoms with van der Waals surface area (Å²) in [7, 11) is 3.63. The number of rotatable bonds is 7. The summed E-state index contributed by atoms with van der Waals surface area (Å²) in [5.41, 5.74) is 2.79. The summed E-state index contributed by atoms with van der Waals surface area (Å²) in [6.45, 7) is 4.14. The number of quaternary nitrogens is 1. The monoisotopic (exact) mass is 354 g/mol. The van der Waals surface area contributed by atoms with E-state index < -0.39 is 0 Å². The van der Waals surface area contributed by atoms with Gasteiger partial charge in [-0.3, -0.25) is 9.59 Å². The van der Waals surface area contributed by atoms with Crippen LogP contribution in [0, 0.1) is 0 Å². The average molecular weight is 354 g/mol. The zero-order valence-corrected chi connectivity index (χ0v) is 16.0. The van der Waals surface area contributed by atoms with E-state index in [9.17, 15) is 9.59 Å². The second kappa shape index (κ2) is 9.15. The highest BCUT2D eigenvalue weighted by molar-refractivity contribution is 5.96. The Kier molecular flexibility index (Phi) is 6.92. The van der Waals surface area contributed by atoms with Gasteiger partial charge in [0.2, 0.25) is 0 Å². The topological polar surface area (TPSA) is 53.9 Å². The molecule has 2 aromatic carbocycles. The number of benzene rings is 2. The number of nitrogens with zero attached hydrogens (tertiary/aromatic N) is 1. The molecule has 0 bridgehead atoms. The summed E-state index contributed by atoms with van der Waals surface area (Å²) in [5, 5.41) is 2.96. The molecule has 0 radical (unpaired) electrons. The van der Waals surface area contributed by atoms with Gasteiger partial charge >= 0.3 is 0 Å². The van der Waals surface area contributed by atoms with Gasteiger partial charge in [0, 0.05) is 18.4 Å². The van der Waals surface area contributed by atoms with Gasteiger partial charge in [0.15, 0.2) is 12.6 Å². The molecule has 1 unspecified atom stereocenters. The summed E-state index contributed by atoms with van der Waals surface area (Å²) >= 11 is 0. The van der Waals surface area contributed by atoms with Crippen LogP contribution in [0.3, 0.4) is 0 Å². The Labute approximate surface area is 155 Å². The normalized spacial score (nSPS) is 12.9. The van der Waals surface area contributed by atoms with Crippen molar-refractivity contribution in [2.75, 3.05) is 30.9 Å². The molecule has 0 aromatic heterocycles. The van der Waals surface area contributed by atoms with E-state index in [-0.39, 0.29) is 24.4 Å². The molecule has 2 N–H and O–H groups in total. The first kappa shape index (κ1) is 19.7. The molecule has 0 saturated heterocycles. The highest BCUT2D eigenvalue weighted by atomic mass is 16.2. The van der Waals surface area contributed by atoms with Gasteiger partial charge in [0.25, 0.3) is 11.8 Å². The molecule has 0 heterocycles. The van der Waals surface area contributed by atoms with Crippen LogP contribution in [0.2, 0.25) is 0 Å². The van der Waals surface area contributed by atoms with Gasteiger partial charge in [-0.05, 0) is 37.1 Å². The molecule has 0 aliphatic heterocycles. The molecule has 2 rings (SSSR count). The van der Waals surface area contributed by atoms with E-state index in [0.717, 1.165) is 28.3 Å². The highest BCUT2D eigenvalue weighted by Crippen LogP contribution is 2.15. The Bertz CT molecular complexity index is 746. The fourth-order valence-electron chi connectivity index (χ4n) is 2.83. The zero-order chi connectivity index (χ0) is 19.1. The first-order chi connectivity index (χ1) is 12.4. The van der Waals surface area contributed by atoms with Gasteiger partial charge in [-0.1, -0.05) is 43.3 Å². The number of anilines is 2. The number of hydrogen-bond acceptors (Lipinski definition) is 2. The summed E-state index contributed by atoms with van der Waals surface area (Å²) in [5.74, 6) is -0.110. The van der Waals surface area contributed by atoms with Crippen molar-refractivity contribution < 1.29 is 14.5 Å². The van der Waals surface area contributed by atoms with Gasteiger partial charge in [-0.2, -0.15) is 0 Å². The van der Waals surface area contributed by atoms with Crippen LogP contribution in [0.5, 0.6) is 0 Å². The minimum Gasteiger partial charge on any atom is -0.321 e. The Morgan fingerprint density at radius 2 is 1.69 bits per heavy atom. The van der Waals surface area contributed by atoms with E-state index in [1.54, 1.807) is 11.9 Å². The van der Waals surface area contributed by atoms with Crippen LogP contribution in [0.1, 0.15) is 19.4 Å². The molecule has 0 aliphatic carbocycles. The first-order valence-corrected chi connectivity index (χ1v) is 8.96. The van der Waals surface area contributed by atoms with Crippen molar-refractivity contribution in [3.63, 3.8) is 0 Å². The molecule has 0 fully saturated rings. The number of nitrogens with one attached hydrogen (secondary N) is 2. The molecular weight excluding hydrogens is 326 g/mol. The third kappa shape index (κ3) is 4.92. The minimum atomic E-state index is -0.327. The van der Waals surface area contributed by atoms with E-state index in [1.165, 1.54) is 0 Å². The second-order valence-corrected chi connectivity index (χ2v) is 6.54. The second-order valence-electron chi connectivity index (χ2n) is 6.54. The molecule has 26 heavy (non-hydrogen) atoms. The SMILES string of the molecule is CCc1ccccc1NC(=O)C[NH+](C)[C@@H](C)C(=O)N(C)c1ccccc1. The van der Waals surface area contributed by atoms with Gasteiger partial charge in [0.1, 0.15) is 0 Å². The molecule has 2 amide bonds. The molecule has 0 aliphatic rings. The number of carbonyl (C=O) groups is 2. The fraction of sp³-hybridized carbons (Fsp3) is 0.333. The van der Waals surface area contributed by atoms with Crippen LogP contribution in [0.25, 0.3) is 0 Å². The standard InChI is InChI=1S/C21H27N3O2/c1-5-17-11-9-10-14-19(17)22-20(25)15-23(3)16(2)21(26)24(4)18-12-7-6-8-13-18/h6-14,16H,5,15H2,1-4H3,(H,22,25)/p+1/t16-/m0/s1. The molecular formula is C21H28N3O2+. The third-order valence-corrected chi connectivity index (χ3v) is 4.70. The first-order valence-electron chi connectivity index (χ1n) is 8.96. The maximum atomic E-state index is 12.7. The molecule has 5 heteroatoms. The largest absolute Gasteiger partial charge is 0.321 e. The smallest absolute Gasteiger partial charge is 0.284 e. The van der Waals surface area contributed by atoms with Gasteiger partial charge < -0.3 is 15.1 Å². The summed E-state index contributed by atoms with van der Waals surface area (Å²) in [6.07, 6.45) is 0.857. The molecule has 0 spiro atoms. The van der Waals surface area contributed by atoms with Gasteiger partial charge in [-0.25, -0.2) is 0 Å². The van der Waals surface area contributed by atoms with Crippen molar-refractivity contribution in [2.45, 2.75) is 26.3 Å². The van der Waals surface area contributed by atoms with Crippen LogP contribution in [-0.4, -0.2) is 38.5 Å². The summed E-state index contributed by atoms with van der Waals surface area (Å²) in [4.78, 5) is 27.6. The van der Waals surface area contributed by atoms with Crippen molar-refractivity contribution in [3.8, 4) is 0 Å². The van der Waals surface area contributed by atoms with E-state index >= 15 is 0 Å². The molecule has 2 atom stereocenters. The number of para-hydroxylation sites is 2. The number of carbonyl (C=O) groups excluding carboxylic acids is 2. The summed E-state index contributed by atoms with van der Waals surface area (Å²) in [6, 6.07) is 17.0. The van der Waals surface area contributed by atoms with Crippen molar-refractivity contribution >= 4 is 23.2 Å². The molecule has 2 aromatic rings. The third-order valence-electron chi connectivity index (χ3n) is 4.70. The van der Waals surface area contributed by atoms with Crippen LogP contribution < -0.4 is 15.1 Å². The minimum absolute atomic E-state index is 0.0181. The van der Waals surface area contributed by atoms with Gasteiger partial charge in [-0.15, -0.1) is 0 Å². The Morgan fingerprint density at radius 3 is 2.35 bits per heavy atom. The van der Waals surface area contributed by atoms with Crippen molar-refractivity contribution in [3.05, 3.63) is 60.2 Å². The molecule has 138 valence electrons.